The second-order valence-corrected chi connectivity index (χ2v) is 6.22. The highest BCUT2D eigenvalue weighted by Gasteiger charge is 2.32. The van der Waals surface area contributed by atoms with Crippen LogP contribution >= 0.6 is 27.5 Å². The summed E-state index contributed by atoms with van der Waals surface area (Å²) in [6.07, 6.45) is 1.17. The molecule has 5 heteroatoms. The summed E-state index contributed by atoms with van der Waals surface area (Å²) in [6.45, 7) is 5.51. The summed E-state index contributed by atoms with van der Waals surface area (Å²) in [6, 6.07) is 3.08. The van der Waals surface area contributed by atoms with E-state index in [2.05, 4.69) is 21.2 Å². The molecule has 2 nitrogen and oxygen atoms in total. The van der Waals surface area contributed by atoms with Crippen LogP contribution in [-0.4, -0.2) is 19.3 Å². The third kappa shape index (κ3) is 3.48. The molecule has 0 bridgehead atoms. The minimum Gasteiger partial charge on any atom is -0.378 e. The van der Waals surface area contributed by atoms with Gasteiger partial charge in [0.2, 0.25) is 0 Å². The van der Waals surface area contributed by atoms with Crippen molar-refractivity contribution in [1.82, 2.24) is 5.32 Å². The van der Waals surface area contributed by atoms with E-state index in [0.717, 1.165) is 13.0 Å². The van der Waals surface area contributed by atoms with Crippen molar-refractivity contribution >= 4 is 27.5 Å². The number of benzene rings is 1. The number of nitrogens with one attached hydrogen (secondary N) is 1. The van der Waals surface area contributed by atoms with E-state index in [9.17, 15) is 4.39 Å². The molecule has 0 aliphatic carbocycles. The summed E-state index contributed by atoms with van der Waals surface area (Å²) in [7, 11) is 0. The Kier molecular flexibility index (Phi) is 5.23. The molecule has 1 heterocycles. The first-order valence-corrected chi connectivity index (χ1v) is 7.69. The van der Waals surface area contributed by atoms with E-state index in [4.69, 9.17) is 16.3 Å². The molecule has 1 aliphatic heterocycles. The van der Waals surface area contributed by atoms with Gasteiger partial charge in [0.1, 0.15) is 5.82 Å². The molecule has 1 aromatic rings. The van der Waals surface area contributed by atoms with E-state index in [1.807, 2.05) is 13.8 Å². The molecular formula is C14H18BrClFNO. The Bertz CT molecular complexity index is 457. The van der Waals surface area contributed by atoms with Gasteiger partial charge in [0, 0.05) is 22.0 Å². The molecule has 0 spiro atoms. The maximum absolute atomic E-state index is 14.2. The van der Waals surface area contributed by atoms with Gasteiger partial charge < -0.3 is 10.1 Å². The van der Waals surface area contributed by atoms with Crippen LogP contribution in [0.3, 0.4) is 0 Å². The Hall–Kier alpha value is -0.160. The fourth-order valence-corrected chi connectivity index (χ4v) is 3.10. The highest BCUT2D eigenvalue weighted by atomic mass is 79.9. The first-order valence-electron chi connectivity index (χ1n) is 6.52. The predicted molar refractivity (Wildman–Crippen MR) is 79.0 cm³/mol. The van der Waals surface area contributed by atoms with Gasteiger partial charge in [-0.1, -0.05) is 18.5 Å². The molecule has 19 heavy (non-hydrogen) atoms. The van der Waals surface area contributed by atoms with Crippen LogP contribution in [-0.2, 0) is 4.74 Å². The van der Waals surface area contributed by atoms with Crippen molar-refractivity contribution in [2.45, 2.75) is 32.4 Å². The van der Waals surface area contributed by atoms with Gasteiger partial charge in [0.15, 0.2) is 0 Å². The molecule has 1 aliphatic rings. The summed E-state index contributed by atoms with van der Waals surface area (Å²) in [5.41, 5.74) is 0.623. The number of rotatable bonds is 4. The van der Waals surface area contributed by atoms with Crippen molar-refractivity contribution in [2.75, 3.05) is 13.2 Å². The van der Waals surface area contributed by atoms with Gasteiger partial charge in [-0.15, -0.1) is 0 Å². The first-order chi connectivity index (χ1) is 9.02. The van der Waals surface area contributed by atoms with E-state index >= 15 is 0 Å². The highest BCUT2D eigenvalue weighted by Crippen LogP contribution is 2.36. The Morgan fingerprint density at radius 3 is 2.89 bits per heavy atom. The molecule has 2 rings (SSSR count). The van der Waals surface area contributed by atoms with Gasteiger partial charge in [-0.3, -0.25) is 0 Å². The van der Waals surface area contributed by atoms with Crippen LogP contribution in [0.2, 0.25) is 5.02 Å². The second kappa shape index (κ2) is 6.53. The lowest BCUT2D eigenvalue weighted by Gasteiger charge is -2.24. The smallest absolute Gasteiger partial charge is 0.129 e. The maximum atomic E-state index is 14.2. The van der Waals surface area contributed by atoms with Gasteiger partial charge in [0.25, 0.3) is 0 Å². The second-order valence-electron chi connectivity index (χ2n) is 4.96. The van der Waals surface area contributed by atoms with E-state index in [1.54, 1.807) is 6.07 Å². The van der Waals surface area contributed by atoms with Crippen LogP contribution in [0.4, 0.5) is 4.39 Å². The van der Waals surface area contributed by atoms with E-state index in [0.29, 0.717) is 21.7 Å². The molecule has 106 valence electrons. The van der Waals surface area contributed by atoms with Crippen molar-refractivity contribution in [3.05, 3.63) is 33.0 Å². The minimum absolute atomic E-state index is 0.0550. The summed E-state index contributed by atoms with van der Waals surface area (Å²) < 4.78 is 20.4. The largest absolute Gasteiger partial charge is 0.378 e. The highest BCUT2D eigenvalue weighted by molar-refractivity contribution is 9.10. The van der Waals surface area contributed by atoms with Crippen molar-refractivity contribution < 1.29 is 9.13 Å². The van der Waals surface area contributed by atoms with Crippen LogP contribution in [0.1, 0.15) is 31.9 Å². The lowest BCUT2D eigenvalue weighted by atomic mass is 9.90. The summed E-state index contributed by atoms with van der Waals surface area (Å²) >= 11 is 9.34. The molecule has 0 aromatic heterocycles. The van der Waals surface area contributed by atoms with Gasteiger partial charge >= 0.3 is 0 Å². The molecule has 3 atom stereocenters. The van der Waals surface area contributed by atoms with E-state index in [-0.39, 0.29) is 23.9 Å². The maximum Gasteiger partial charge on any atom is 0.129 e. The molecular weight excluding hydrogens is 333 g/mol. The van der Waals surface area contributed by atoms with Gasteiger partial charge in [0.05, 0.1) is 17.7 Å². The van der Waals surface area contributed by atoms with E-state index < -0.39 is 0 Å². The fourth-order valence-electron chi connectivity index (χ4n) is 2.61. The lowest BCUT2D eigenvalue weighted by Crippen LogP contribution is -2.29. The van der Waals surface area contributed by atoms with Crippen LogP contribution in [0.25, 0.3) is 0 Å². The van der Waals surface area contributed by atoms with Crippen LogP contribution in [0.5, 0.6) is 0 Å². The Morgan fingerprint density at radius 2 is 2.32 bits per heavy atom. The Morgan fingerprint density at radius 1 is 1.58 bits per heavy atom. The van der Waals surface area contributed by atoms with Crippen molar-refractivity contribution in [1.29, 1.82) is 0 Å². The molecule has 0 amide bonds. The zero-order valence-corrected chi connectivity index (χ0v) is 13.4. The standard InChI is InChI=1S/C14H18BrClFNO/c1-3-18-14(9-4-8(2)19-7-9)10-5-12(16)11(15)6-13(10)17/h5-6,8-9,14,18H,3-4,7H2,1-2H3. The Labute approximate surface area is 126 Å². The minimum atomic E-state index is -0.234. The van der Waals surface area contributed by atoms with Gasteiger partial charge in [-0.2, -0.15) is 0 Å². The third-order valence-electron chi connectivity index (χ3n) is 3.50. The molecule has 1 fully saturated rings. The molecule has 3 unspecified atom stereocenters. The fraction of sp³-hybridized carbons (Fsp3) is 0.571. The van der Waals surface area contributed by atoms with Gasteiger partial charge in [-0.25, -0.2) is 4.39 Å². The summed E-state index contributed by atoms with van der Waals surface area (Å²) in [5.74, 6) is 0.0449. The van der Waals surface area contributed by atoms with Gasteiger partial charge in [-0.05, 0) is 48.0 Å². The van der Waals surface area contributed by atoms with Crippen molar-refractivity contribution in [3.63, 3.8) is 0 Å². The number of hydrogen-bond acceptors (Lipinski definition) is 2. The average Bonchev–Trinajstić information content (AvgIpc) is 2.78. The zero-order valence-electron chi connectivity index (χ0n) is 11.1. The lowest BCUT2D eigenvalue weighted by molar-refractivity contribution is 0.116. The SMILES string of the molecule is CCNC(c1cc(Cl)c(Br)cc1F)C1COC(C)C1. The zero-order chi connectivity index (χ0) is 14.0. The van der Waals surface area contributed by atoms with Crippen molar-refractivity contribution in [3.8, 4) is 0 Å². The van der Waals surface area contributed by atoms with Crippen LogP contribution < -0.4 is 5.32 Å². The Balaban J connectivity index is 2.30. The van der Waals surface area contributed by atoms with E-state index in [1.165, 1.54) is 6.07 Å². The molecule has 1 N–H and O–H groups in total. The topological polar surface area (TPSA) is 21.3 Å². The predicted octanol–water partition coefficient (Wildman–Crippen LogP) is 4.32. The first kappa shape index (κ1) is 15.2. The molecule has 1 saturated heterocycles. The van der Waals surface area contributed by atoms with Crippen molar-refractivity contribution in [2.24, 2.45) is 5.92 Å². The molecule has 0 radical (unpaired) electrons. The van der Waals surface area contributed by atoms with Crippen LogP contribution in [0.15, 0.2) is 16.6 Å². The normalized spacial score (nSPS) is 24.7. The monoisotopic (exact) mass is 349 g/mol. The number of ether oxygens (including phenoxy) is 1. The molecule has 1 aromatic carbocycles. The average molecular weight is 351 g/mol. The third-order valence-corrected chi connectivity index (χ3v) is 4.70. The number of hydrogen-bond donors (Lipinski definition) is 1. The van der Waals surface area contributed by atoms with Crippen LogP contribution in [0, 0.1) is 11.7 Å². The quantitative estimate of drug-likeness (QED) is 0.817. The summed E-state index contributed by atoms with van der Waals surface area (Å²) in [5, 5.41) is 3.89. The number of halogens is 3. The summed E-state index contributed by atoms with van der Waals surface area (Å²) in [4.78, 5) is 0. The molecule has 0 saturated carbocycles.